The lowest BCUT2D eigenvalue weighted by atomic mass is 10.0. The maximum Gasteiger partial charge on any atom is 0.279 e. The molecule has 0 spiro atoms. The Bertz CT molecular complexity index is 578. The summed E-state index contributed by atoms with van der Waals surface area (Å²) in [5.74, 6) is 0.467. The van der Waals surface area contributed by atoms with E-state index in [1.54, 1.807) is 11.3 Å². The van der Waals surface area contributed by atoms with Gasteiger partial charge in [-0.2, -0.15) is 0 Å². The van der Waals surface area contributed by atoms with Gasteiger partial charge in [-0.1, -0.05) is 38.1 Å². The fourth-order valence-corrected chi connectivity index (χ4v) is 3.17. The van der Waals surface area contributed by atoms with Crippen LogP contribution in [0.25, 0.3) is 0 Å². The zero-order valence-corrected chi connectivity index (χ0v) is 13.7. The minimum absolute atomic E-state index is 0.0668. The summed E-state index contributed by atoms with van der Waals surface area (Å²) in [6.45, 7) is 5.64. The van der Waals surface area contributed by atoms with Crippen molar-refractivity contribution >= 4 is 22.9 Å². The standard InChI is InChI=1S/C17H22N2OS/c1-13(2)15-8-4-5-9-16(15)18-17(20)12-19(3)11-14-7-6-10-21-14/h4-10,13H,11-12H2,1-3H3,(H,18,20)/p+1. The van der Waals surface area contributed by atoms with Gasteiger partial charge in [0.15, 0.2) is 6.54 Å². The topological polar surface area (TPSA) is 33.5 Å². The van der Waals surface area contributed by atoms with Crippen molar-refractivity contribution in [2.75, 3.05) is 18.9 Å². The van der Waals surface area contributed by atoms with Crippen molar-refractivity contribution in [3.05, 3.63) is 52.2 Å². The van der Waals surface area contributed by atoms with Crippen LogP contribution in [0.5, 0.6) is 0 Å². The molecule has 21 heavy (non-hydrogen) atoms. The van der Waals surface area contributed by atoms with Crippen molar-refractivity contribution in [2.24, 2.45) is 0 Å². The lowest BCUT2D eigenvalue weighted by Crippen LogP contribution is -3.08. The van der Waals surface area contributed by atoms with Gasteiger partial charge in [0, 0.05) is 5.69 Å². The summed E-state index contributed by atoms with van der Waals surface area (Å²) in [6.07, 6.45) is 0. The number of hydrogen-bond donors (Lipinski definition) is 2. The molecule has 0 saturated heterocycles. The summed E-state index contributed by atoms with van der Waals surface area (Å²) in [5, 5.41) is 5.12. The molecule has 0 aliphatic rings. The number of likely N-dealkylation sites (N-methyl/N-ethyl adjacent to an activating group) is 1. The average molecular weight is 303 g/mol. The van der Waals surface area contributed by atoms with Crippen LogP contribution in [0.3, 0.4) is 0 Å². The van der Waals surface area contributed by atoms with Gasteiger partial charge in [0.25, 0.3) is 5.91 Å². The van der Waals surface area contributed by atoms with Gasteiger partial charge in [-0.25, -0.2) is 0 Å². The van der Waals surface area contributed by atoms with Gasteiger partial charge in [-0.05, 0) is 29.0 Å². The number of hydrogen-bond acceptors (Lipinski definition) is 2. The first-order valence-corrected chi connectivity index (χ1v) is 8.16. The molecule has 1 amide bonds. The molecule has 3 nitrogen and oxygen atoms in total. The second-order valence-corrected chi connectivity index (χ2v) is 6.71. The Hall–Kier alpha value is -1.65. The number of carbonyl (C=O) groups excluding carboxylic acids is 1. The summed E-state index contributed by atoms with van der Waals surface area (Å²) in [6, 6.07) is 12.2. The van der Waals surface area contributed by atoms with Gasteiger partial charge in [-0.15, -0.1) is 11.3 Å². The van der Waals surface area contributed by atoms with Gasteiger partial charge in [0.05, 0.1) is 11.9 Å². The summed E-state index contributed by atoms with van der Waals surface area (Å²) < 4.78 is 0. The molecule has 0 aliphatic heterocycles. The first-order valence-electron chi connectivity index (χ1n) is 7.28. The zero-order chi connectivity index (χ0) is 15.2. The number of carbonyl (C=O) groups is 1. The van der Waals surface area contributed by atoms with Gasteiger partial charge < -0.3 is 10.2 Å². The van der Waals surface area contributed by atoms with E-state index in [9.17, 15) is 4.79 Å². The highest BCUT2D eigenvalue weighted by Gasteiger charge is 2.13. The predicted molar refractivity (Wildman–Crippen MR) is 88.9 cm³/mol. The predicted octanol–water partition coefficient (Wildman–Crippen LogP) is 2.52. The fourth-order valence-electron chi connectivity index (χ4n) is 2.36. The molecule has 0 fully saturated rings. The Morgan fingerprint density at radius 1 is 1.24 bits per heavy atom. The molecule has 0 saturated carbocycles. The van der Waals surface area contributed by atoms with Crippen LogP contribution < -0.4 is 10.2 Å². The smallest absolute Gasteiger partial charge is 0.279 e. The Balaban J connectivity index is 1.92. The van der Waals surface area contributed by atoms with E-state index in [1.165, 1.54) is 15.3 Å². The van der Waals surface area contributed by atoms with Crippen LogP contribution in [0.1, 0.15) is 30.2 Å². The van der Waals surface area contributed by atoms with Crippen molar-refractivity contribution in [1.29, 1.82) is 0 Å². The molecule has 1 atom stereocenters. The molecular weight excluding hydrogens is 280 g/mol. The van der Waals surface area contributed by atoms with Crippen molar-refractivity contribution in [1.82, 2.24) is 0 Å². The Labute approximate surface area is 130 Å². The van der Waals surface area contributed by atoms with E-state index in [0.717, 1.165) is 12.2 Å². The van der Waals surface area contributed by atoms with E-state index in [1.807, 2.05) is 31.3 Å². The van der Waals surface area contributed by atoms with E-state index in [0.29, 0.717) is 12.5 Å². The second-order valence-electron chi connectivity index (χ2n) is 5.68. The van der Waals surface area contributed by atoms with E-state index < -0.39 is 0 Å². The van der Waals surface area contributed by atoms with Crippen LogP contribution >= 0.6 is 11.3 Å². The SMILES string of the molecule is CC(C)c1ccccc1NC(=O)C[NH+](C)Cc1cccs1. The molecule has 1 heterocycles. The molecule has 2 aromatic rings. The number of anilines is 1. The van der Waals surface area contributed by atoms with Crippen LogP contribution in [0, 0.1) is 0 Å². The average Bonchev–Trinajstić information content (AvgIpc) is 2.91. The zero-order valence-electron chi connectivity index (χ0n) is 12.8. The van der Waals surface area contributed by atoms with Gasteiger partial charge in [0.2, 0.25) is 0 Å². The van der Waals surface area contributed by atoms with Crippen molar-refractivity contribution in [2.45, 2.75) is 26.3 Å². The molecule has 0 radical (unpaired) electrons. The Morgan fingerprint density at radius 3 is 2.67 bits per heavy atom. The highest BCUT2D eigenvalue weighted by atomic mass is 32.1. The molecule has 2 rings (SSSR count). The number of quaternary nitrogens is 1. The summed E-state index contributed by atoms with van der Waals surface area (Å²) >= 11 is 1.74. The molecular formula is C17H23N2OS+. The lowest BCUT2D eigenvalue weighted by molar-refractivity contribution is -0.884. The third kappa shape index (κ3) is 4.69. The molecule has 112 valence electrons. The minimum atomic E-state index is 0.0668. The van der Waals surface area contributed by atoms with Gasteiger partial charge in [0.1, 0.15) is 6.54 Å². The Kier molecular flexibility index (Phi) is 5.53. The highest BCUT2D eigenvalue weighted by molar-refractivity contribution is 7.09. The molecule has 0 bridgehead atoms. The normalized spacial score (nSPS) is 12.4. The highest BCUT2D eigenvalue weighted by Crippen LogP contribution is 2.23. The fraction of sp³-hybridized carbons (Fsp3) is 0.353. The number of para-hydroxylation sites is 1. The van der Waals surface area contributed by atoms with Crippen molar-refractivity contribution in [3.8, 4) is 0 Å². The molecule has 4 heteroatoms. The van der Waals surface area contributed by atoms with Crippen LogP contribution in [0.2, 0.25) is 0 Å². The van der Waals surface area contributed by atoms with Gasteiger partial charge in [-0.3, -0.25) is 4.79 Å². The molecule has 1 aromatic carbocycles. The third-order valence-electron chi connectivity index (χ3n) is 3.38. The first kappa shape index (κ1) is 15.7. The molecule has 2 N–H and O–H groups in total. The first-order chi connectivity index (χ1) is 10.1. The number of nitrogens with one attached hydrogen (secondary N) is 2. The van der Waals surface area contributed by atoms with E-state index in [-0.39, 0.29) is 5.91 Å². The summed E-state index contributed by atoms with van der Waals surface area (Å²) in [4.78, 5) is 14.7. The minimum Gasteiger partial charge on any atom is -0.325 e. The molecule has 1 unspecified atom stereocenters. The van der Waals surface area contributed by atoms with E-state index >= 15 is 0 Å². The van der Waals surface area contributed by atoms with E-state index in [4.69, 9.17) is 0 Å². The second kappa shape index (κ2) is 7.38. The largest absolute Gasteiger partial charge is 0.325 e. The number of rotatable bonds is 6. The van der Waals surface area contributed by atoms with Crippen LogP contribution in [0.4, 0.5) is 5.69 Å². The summed E-state index contributed by atoms with van der Waals surface area (Å²) in [7, 11) is 2.05. The van der Waals surface area contributed by atoms with Crippen LogP contribution in [-0.2, 0) is 11.3 Å². The number of amides is 1. The van der Waals surface area contributed by atoms with E-state index in [2.05, 4.69) is 36.7 Å². The molecule has 1 aromatic heterocycles. The lowest BCUT2D eigenvalue weighted by Gasteiger charge is -2.16. The van der Waals surface area contributed by atoms with Crippen LogP contribution in [-0.4, -0.2) is 19.5 Å². The molecule has 0 aliphatic carbocycles. The van der Waals surface area contributed by atoms with Crippen molar-refractivity contribution < 1.29 is 9.69 Å². The maximum atomic E-state index is 12.2. The summed E-state index contributed by atoms with van der Waals surface area (Å²) in [5.41, 5.74) is 2.11. The monoisotopic (exact) mass is 303 g/mol. The van der Waals surface area contributed by atoms with Crippen LogP contribution in [0.15, 0.2) is 41.8 Å². The maximum absolute atomic E-state index is 12.2. The van der Waals surface area contributed by atoms with Gasteiger partial charge >= 0.3 is 0 Å². The Morgan fingerprint density at radius 2 is 2.00 bits per heavy atom. The quantitative estimate of drug-likeness (QED) is 0.845. The third-order valence-corrected chi connectivity index (χ3v) is 4.25. The number of benzene rings is 1. The van der Waals surface area contributed by atoms with Crippen molar-refractivity contribution in [3.63, 3.8) is 0 Å². The number of thiophene rings is 1.